The number of ether oxygens (including phenoxy) is 1. The minimum atomic E-state index is -2.83. The van der Waals surface area contributed by atoms with E-state index < -0.39 is 36.2 Å². The SMILES string of the molecule is O=C1CC(C(=O)N2C[C@@H](C(=O)O)[C@H](C(F)F)C2)Oc2ccccc21. The fourth-order valence-corrected chi connectivity index (χ4v) is 3.14. The Kier molecular flexibility index (Phi) is 4.21. The quantitative estimate of drug-likeness (QED) is 0.901. The zero-order chi connectivity index (χ0) is 17.4. The number of fused-ring (bicyclic) bond motifs is 1. The van der Waals surface area contributed by atoms with Crippen LogP contribution in [-0.2, 0) is 9.59 Å². The Bertz CT molecular complexity index is 693. The number of amides is 1. The van der Waals surface area contributed by atoms with Crippen molar-refractivity contribution in [1.29, 1.82) is 0 Å². The third-order valence-electron chi connectivity index (χ3n) is 4.42. The average Bonchev–Trinajstić information content (AvgIpc) is 3.00. The normalized spacial score (nSPS) is 26.2. The molecule has 2 aliphatic rings. The van der Waals surface area contributed by atoms with Gasteiger partial charge in [-0.3, -0.25) is 14.4 Å². The number of Topliss-reactive ketones (excluding diaryl/α,β-unsaturated/α-hetero) is 1. The molecular formula is C16H15F2NO5. The third-order valence-corrected chi connectivity index (χ3v) is 4.42. The lowest BCUT2D eigenvalue weighted by Gasteiger charge is -2.28. The number of rotatable bonds is 3. The molecular weight excluding hydrogens is 324 g/mol. The van der Waals surface area contributed by atoms with E-state index >= 15 is 0 Å². The summed E-state index contributed by atoms with van der Waals surface area (Å²) in [6, 6.07) is 6.47. The smallest absolute Gasteiger partial charge is 0.308 e. The highest BCUT2D eigenvalue weighted by Gasteiger charge is 2.46. The second-order valence-corrected chi connectivity index (χ2v) is 5.92. The van der Waals surface area contributed by atoms with Crippen LogP contribution in [0, 0.1) is 11.8 Å². The van der Waals surface area contributed by atoms with Gasteiger partial charge in [0.25, 0.3) is 5.91 Å². The Morgan fingerprint density at radius 1 is 1.25 bits per heavy atom. The largest absolute Gasteiger partial charge is 0.481 e. The van der Waals surface area contributed by atoms with Crippen LogP contribution in [-0.4, -0.2) is 53.3 Å². The Labute approximate surface area is 136 Å². The third kappa shape index (κ3) is 2.83. The summed E-state index contributed by atoms with van der Waals surface area (Å²) in [6.45, 7) is -0.665. The summed E-state index contributed by atoms with van der Waals surface area (Å²) in [7, 11) is 0. The number of para-hydroxylation sites is 1. The van der Waals surface area contributed by atoms with Gasteiger partial charge in [-0.15, -0.1) is 0 Å². The van der Waals surface area contributed by atoms with Gasteiger partial charge in [-0.1, -0.05) is 12.1 Å². The van der Waals surface area contributed by atoms with Gasteiger partial charge in [0.2, 0.25) is 6.43 Å². The summed E-state index contributed by atoms with van der Waals surface area (Å²) in [5.74, 6) is -4.73. The fraction of sp³-hybridized carbons (Fsp3) is 0.438. The van der Waals surface area contributed by atoms with Crippen molar-refractivity contribution in [2.75, 3.05) is 13.1 Å². The minimum Gasteiger partial charge on any atom is -0.481 e. The number of alkyl halides is 2. The molecule has 1 fully saturated rings. The lowest BCUT2D eigenvalue weighted by atomic mass is 9.97. The number of carboxylic acid groups (broad SMARTS) is 1. The number of likely N-dealkylation sites (tertiary alicyclic amines) is 1. The molecule has 0 spiro atoms. The predicted molar refractivity (Wildman–Crippen MR) is 77.0 cm³/mol. The van der Waals surface area contributed by atoms with E-state index in [0.29, 0.717) is 5.56 Å². The summed E-state index contributed by atoms with van der Waals surface area (Å²) in [6.07, 6.45) is -4.14. The molecule has 8 heteroatoms. The first kappa shape index (κ1) is 16.4. The maximum absolute atomic E-state index is 13.0. The standard InChI is InChI=1S/C16H15F2NO5/c17-14(18)9-6-19(7-10(9)16(22)23)15(21)13-5-11(20)8-3-1-2-4-12(8)24-13/h1-4,9-10,13-14H,5-7H2,(H,22,23)/t9-,10-,13?/m1/s1. The summed E-state index contributed by atoms with van der Waals surface area (Å²) in [5.41, 5.74) is 0.372. The van der Waals surface area contributed by atoms with Crippen molar-refractivity contribution in [3.05, 3.63) is 29.8 Å². The molecule has 1 aromatic carbocycles. The molecule has 1 N–H and O–H groups in total. The summed E-state index contributed by atoms with van der Waals surface area (Å²) < 4.78 is 31.5. The Hall–Kier alpha value is -2.51. The molecule has 1 unspecified atom stereocenters. The van der Waals surface area contributed by atoms with Gasteiger partial charge in [0.05, 0.1) is 23.8 Å². The number of carbonyl (C=O) groups is 3. The van der Waals surface area contributed by atoms with E-state index in [-0.39, 0.29) is 31.0 Å². The van der Waals surface area contributed by atoms with E-state index in [0.717, 1.165) is 4.90 Å². The van der Waals surface area contributed by atoms with Crippen LogP contribution in [0.5, 0.6) is 5.75 Å². The molecule has 1 amide bonds. The van der Waals surface area contributed by atoms with Gasteiger partial charge < -0.3 is 14.7 Å². The number of nitrogens with zero attached hydrogens (tertiary/aromatic N) is 1. The molecule has 128 valence electrons. The van der Waals surface area contributed by atoms with Crippen LogP contribution in [0.25, 0.3) is 0 Å². The maximum Gasteiger partial charge on any atom is 0.308 e. The first-order valence-corrected chi connectivity index (χ1v) is 7.47. The molecule has 1 saturated heterocycles. The van der Waals surface area contributed by atoms with Gasteiger partial charge in [-0.2, -0.15) is 0 Å². The van der Waals surface area contributed by atoms with Crippen LogP contribution in [0.4, 0.5) is 8.78 Å². The fourth-order valence-electron chi connectivity index (χ4n) is 3.14. The zero-order valence-corrected chi connectivity index (χ0v) is 12.5. The monoisotopic (exact) mass is 339 g/mol. The number of hydrogen-bond donors (Lipinski definition) is 1. The molecule has 0 radical (unpaired) electrons. The van der Waals surface area contributed by atoms with Crippen LogP contribution in [0.3, 0.4) is 0 Å². The van der Waals surface area contributed by atoms with Gasteiger partial charge in [0.15, 0.2) is 11.9 Å². The van der Waals surface area contributed by atoms with Crippen LogP contribution < -0.4 is 4.74 Å². The van der Waals surface area contributed by atoms with Gasteiger partial charge in [-0.25, -0.2) is 8.78 Å². The average molecular weight is 339 g/mol. The van der Waals surface area contributed by atoms with Gasteiger partial charge in [0.1, 0.15) is 5.75 Å². The lowest BCUT2D eigenvalue weighted by Crippen LogP contribution is -2.44. The van der Waals surface area contributed by atoms with Crippen molar-refractivity contribution in [3.8, 4) is 5.75 Å². The van der Waals surface area contributed by atoms with E-state index in [1.165, 1.54) is 0 Å². The molecule has 24 heavy (non-hydrogen) atoms. The predicted octanol–water partition coefficient (Wildman–Crippen LogP) is 1.44. The van der Waals surface area contributed by atoms with Crippen molar-refractivity contribution in [3.63, 3.8) is 0 Å². The number of carboxylic acids is 1. The number of halogens is 2. The van der Waals surface area contributed by atoms with Crippen LogP contribution in [0.15, 0.2) is 24.3 Å². The van der Waals surface area contributed by atoms with E-state index in [1.807, 2.05) is 0 Å². The van der Waals surface area contributed by atoms with Crippen LogP contribution >= 0.6 is 0 Å². The van der Waals surface area contributed by atoms with Crippen LogP contribution in [0.2, 0.25) is 0 Å². The summed E-state index contributed by atoms with van der Waals surface area (Å²) in [5, 5.41) is 9.06. The second kappa shape index (κ2) is 6.18. The molecule has 0 aromatic heterocycles. The van der Waals surface area contributed by atoms with Gasteiger partial charge >= 0.3 is 5.97 Å². The lowest BCUT2D eigenvalue weighted by molar-refractivity contribution is -0.144. The molecule has 3 atom stereocenters. The Morgan fingerprint density at radius 3 is 2.58 bits per heavy atom. The number of hydrogen-bond acceptors (Lipinski definition) is 4. The molecule has 2 heterocycles. The van der Waals surface area contributed by atoms with Gasteiger partial charge in [0, 0.05) is 13.1 Å². The molecule has 0 saturated carbocycles. The first-order chi connectivity index (χ1) is 11.4. The summed E-state index contributed by atoms with van der Waals surface area (Å²) in [4.78, 5) is 36.8. The van der Waals surface area contributed by atoms with Gasteiger partial charge in [-0.05, 0) is 12.1 Å². The van der Waals surface area contributed by atoms with Crippen molar-refractivity contribution in [2.24, 2.45) is 11.8 Å². The molecule has 1 aromatic rings. The van der Waals surface area contributed by atoms with E-state index in [2.05, 4.69) is 0 Å². The van der Waals surface area contributed by atoms with Crippen molar-refractivity contribution in [1.82, 2.24) is 4.90 Å². The second-order valence-electron chi connectivity index (χ2n) is 5.92. The van der Waals surface area contributed by atoms with E-state index in [4.69, 9.17) is 9.84 Å². The first-order valence-electron chi connectivity index (χ1n) is 7.47. The molecule has 0 bridgehead atoms. The molecule has 6 nitrogen and oxygen atoms in total. The molecule has 3 rings (SSSR count). The Balaban J connectivity index is 1.76. The summed E-state index contributed by atoms with van der Waals surface area (Å²) >= 11 is 0. The molecule has 2 aliphatic heterocycles. The maximum atomic E-state index is 13.0. The van der Waals surface area contributed by atoms with Crippen molar-refractivity contribution in [2.45, 2.75) is 19.0 Å². The molecule has 0 aliphatic carbocycles. The van der Waals surface area contributed by atoms with Crippen LogP contribution in [0.1, 0.15) is 16.8 Å². The minimum absolute atomic E-state index is 0.191. The highest BCUT2D eigenvalue weighted by Crippen LogP contribution is 2.32. The number of carbonyl (C=O) groups excluding carboxylic acids is 2. The van der Waals surface area contributed by atoms with Crippen molar-refractivity contribution < 1.29 is 33.0 Å². The number of aliphatic carboxylic acids is 1. The zero-order valence-electron chi connectivity index (χ0n) is 12.5. The van der Waals surface area contributed by atoms with E-state index in [1.54, 1.807) is 24.3 Å². The highest BCUT2D eigenvalue weighted by atomic mass is 19.3. The van der Waals surface area contributed by atoms with E-state index in [9.17, 15) is 23.2 Å². The number of ketones is 1. The topological polar surface area (TPSA) is 83.9 Å². The number of benzene rings is 1. The van der Waals surface area contributed by atoms with Crippen molar-refractivity contribution >= 4 is 17.7 Å². The highest BCUT2D eigenvalue weighted by molar-refractivity contribution is 6.03. The Morgan fingerprint density at radius 2 is 1.96 bits per heavy atom.